The number of alkyl halides is 2. The SMILES string of the molecule is NS(=O)(=O)c1c(F)cnc(C(F)F)c1Br. The molecule has 15 heavy (non-hydrogen) atoms. The lowest BCUT2D eigenvalue weighted by Gasteiger charge is -2.07. The normalized spacial score (nSPS) is 12.1. The first kappa shape index (κ1) is 12.4. The summed E-state index contributed by atoms with van der Waals surface area (Å²) >= 11 is 2.53. The third-order valence-corrected chi connectivity index (χ3v) is 3.48. The maximum atomic E-state index is 13.0. The lowest BCUT2D eigenvalue weighted by atomic mass is 10.3. The molecule has 0 atom stereocenters. The fourth-order valence-electron chi connectivity index (χ4n) is 0.876. The molecular weight excluding hydrogens is 301 g/mol. The summed E-state index contributed by atoms with van der Waals surface area (Å²) in [5.74, 6) is -1.28. The second-order valence-corrected chi connectivity index (χ2v) is 4.77. The summed E-state index contributed by atoms with van der Waals surface area (Å²) in [5.41, 5.74) is -0.875. The van der Waals surface area contributed by atoms with E-state index in [1.807, 2.05) is 0 Å². The van der Waals surface area contributed by atoms with E-state index in [0.717, 1.165) is 0 Å². The predicted molar refractivity (Wildman–Crippen MR) is 48.2 cm³/mol. The van der Waals surface area contributed by atoms with Gasteiger partial charge in [0.05, 0.1) is 10.7 Å². The maximum Gasteiger partial charge on any atom is 0.281 e. The molecule has 0 spiro atoms. The van der Waals surface area contributed by atoms with E-state index in [1.165, 1.54) is 0 Å². The zero-order valence-electron chi connectivity index (χ0n) is 6.92. The third kappa shape index (κ3) is 2.47. The van der Waals surface area contributed by atoms with Gasteiger partial charge >= 0.3 is 0 Å². The quantitative estimate of drug-likeness (QED) is 0.901. The van der Waals surface area contributed by atoms with Crippen LogP contribution in [0, 0.1) is 5.82 Å². The molecule has 0 aromatic carbocycles. The van der Waals surface area contributed by atoms with Gasteiger partial charge in [-0.05, 0) is 15.9 Å². The summed E-state index contributed by atoms with van der Waals surface area (Å²) in [6, 6.07) is 0. The molecule has 9 heteroatoms. The van der Waals surface area contributed by atoms with Gasteiger partial charge in [-0.25, -0.2) is 26.7 Å². The van der Waals surface area contributed by atoms with E-state index in [1.54, 1.807) is 0 Å². The molecule has 1 rings (SSSR count). The molecule has 0 radical (unpaired) electrons. The van der Waals surface area contributed by atoms with Crippen molar-refractivity contribution in [1.82, 2.24) is 4.98 Å². The van der Waals surface area contributed by atoms with Gasteiger partial charge in [0.25, 0.3) is 6.43 Å². The van der Waals surface area contributed by atoms with Gasteiger partial charge in [-0.3, -0.25) is 4.98 Å². The highest BCUT2D eigenvalue weighted by atomic mass is 79.9. The summed E-state index contributed by atoms with van der Waals surface area (Å²) in [6.07, 6.45) is -2.65. The highest BCUT2D eigenvalue weighted by molar-refractivity contribution is 9.10. The second-order valence-electron chi connectivity index (χ2n) is 2.48. The molecule has 0 saturated heterocycles. The average Bonchev–Trinajstić information content (AvgIpc) is 2.00. The Kier molecular flexibility index (Phi) is 3.36. The molecule has 0 aliphatic heterocycles. The molecule has 1 aromatic heterocycles. The molecule has 0 unspecified atom stereocenters. The Balaban J connectivity index is 3.59. The van der Waals surface area contributed by atoms with Crippen molar-refractivity contribution in [2.24, 2.45) is 5.14 Å². The highest BCUT2D eigenvalue weighted by Gasteiger charge is 2.25. The van der Waals surface area contributed by atoms with Gasteiger partial charge in [-0.2, -0.15) is 0 Å². The first-order valence-electron chi connectivity index (χ1n) is 3.40. The van der Waals surface area contributed by atoms with Crippen LogP contribution in [-0.4, -0.2) is 13.4 Å². The molecule has 0 fully saturated rings. The highest BCUT2D eigenvalue weighted by Crippen LogP contribution is 2.31. The number of primary sulfonamides is 1. The summed E-state index contributed by atoms with van der Waals surface area (Å²) in [4.78, 5) is 2.04. The van der Waals surface area contributed by atoms with Gasteiger partial charge in [0.2, 0.25) is 10.0 Å². The summed E-state index contributed by atoms with van der Waals surface area (Å²) in [5, 5.41) is 4.66. The van der Waals surface area contributed by atoms with Crippen molar-refractivity contribution in [3.63, 3.8) is 0 Å². The van der Waals surface area contributed by atoms with Gasteiger partial charge in [-0.1, -0.05) is 0 Å². The number of pyridine rings is 1. The molecule has 2 N–H and O–H groups in total. The Morgan fingerprint density at radius 3 is 2.40 bits per heavy atom. The van der Waals surface area contributed by atoms with E-state index in [4.69, 9.17) is 0 Å². The van der Waals surface area contributed by atoms with E-state index in [0.29, 0.717) is 6.20 Å². The van der Waals surface area contributed by atoms with E-state index < -0.39 is 37.3 Å². The lowest BCUT2D eigenvalue weighted by Crippen LogP contribution is -2.16. The van der Waals surface area contributed by atoms with E-state index >= 15 is 0 Å². The van der Waals surface area contributed by atoms with Crippen LogP contribution < -0.4 is 5.14 Å². The van der Waals surface area contributed by atoms with Crippen LogP contribution in [0.25, 0.3) is 0 Å². The van der Waals surface area contributed by atoms with Crippen molar-refractivity contribution in [1.29, 1.82) is 0 Å². The first-order chi connectivity index (χ1) is 6.75. The van der Waals surface area contributed by atoms with Crippen molar-refractivity contribution in [3.8, 4) is 0 Å². The van der Waals surface area contributed by atoms with E-state index in [9.17, 15) is 21.6 Å². The number of nitrogens with zero attached hydrogens (tertiary/aromatic N) is 1. The molecule has 0 bridgehead atoms. The van der Waals surface area contributed by atoms with Crippen LogP contribution in [0.3, 0.4) is 0 Å². The Labute approximate surface area is 91.5 Å². The smallest absolute Gasteiger partial charge is 0.251 e. The maximum absolute atomic E-state index is 13.0. The fraction of sp³-hybridized carbons (Fsp3) is 0.167. The Bertz CT molecular complexity index is 491. The molecule has 0 aliphatic carbocycles. The van der Waals surface area contributed by atoms with Crippen molar-refractivity contribution in [2.75, 3.05) is 0 Å². The first-order valence-corrected chi connectivity index (χ1v) is 5.74. The summed E-state index contributed by atoms with van der Waals surface area (Å²) in [6.45, 7) is 0. The van der Waals surface area contributed by atoms with Crippen molar-refractivity contribution >= 4 is 26.0 Å². The number of rotatable bonds is 2. The van der Waals surface area contributed by atoms with Crippen molar-refractivity contribution in [2.45, 2.75) is 11.3 Å². The van der Waals surface area contributed by atoms with Crippen LogP contribution in [0.4, 0.5) is 13.2 Å². The molecule has 0 amide bonds. The van der Waals surface area contributed by atoms with Crippen molar-refractivity contribution in [3.05, 3.63) is 22.2 Å². The van der Waals surface area contributed by atoms with Crippen LogP contribution in [0.5, 0.6) is 0 Å². The largest absolute Gasteiger partial charge is 0.281 e. The number of hydrogen-bond donors (Lipinski definition) is 1. The Morgan fingerprint density at radius 2 is 2.00 bits per heavy atom. The molecule has 0 saturated carbocycles. The van der Waals surface area contributed by atoms with E-state index in [-0.39, 0.29) is 0 Å². The number of halogens is 4. The van der Waals surface area contributed by atoms with Crippen LogP contribution in [0.15, 0.2) is 15.6 Å². The molecular formula is C6H4BrF3N2O2S. The van der Waals surface area contributed by atoms with Gasteiger partial charge < -0.3 is 0 Å². The van der Waals surface area contributed by atoms with Gasteiger partial charge in [0.15, 0.2) is 5.82 Å². The molecule has 0 aliphatic rings. The monoisotopic (exact) mass is 304 g/mol. The minimum Gasteiger partial charge on any atom is -0.251 e. The topological polar surface area (TPSA) is 73.1 Å². The third-order valence-electron chi connectivity index (χ3n) is 1.45. The Morgan fingerprint density at radius 1 is 1.47 bits per heavy atom. The molecule has 1 heterocycles. The van der Waals surface area contributed by atoms with E-state index in [2.05, 4.69) is 26.1 Å². The van der Waals surface area contributed by atoms with Gasteiger partial charge in [0, 0.05) is 0 Å². The lowest BCUT2D eigenvalue weighted by molar-refractivity contribution is 0.144. The molecule has 4 nitrogen and oxygen atoms in total. The molecule has 1 aromatic rings. The number of sulfonamides is 1. The summed E-state index contributed by atoms with van der Waals surface area (Å²) < 4.78 is 58.7. The fourth-order valence-corrected chi connectivity index (χ4v) is 2.70. The van der Waals surface area contributed by atoms with Crippen LogP contribution in [0.1, 0.15) is 12.1 Å². The standard InChI is InChI=1S/C6H4BrF3N2O2S/c7-3-4(6(9)10)12-1-2(8)5(3)15(11,13)14/h1,6H,(H2,11,13,14). The number of aromatic nitrogens is 1. The van der Waals surface area contributed by atoms with Crippen LogP contribution in [-0.2, 0) is 10.0 Å². The number of hydrogen-bond acceptors (Lipinski definition) is 3. The zero-order valence-corrected chi connectivity index (χ0v) is 9.32. The van der Waals surface area contributed by atoms with Crippen molar-refractivity contribution < 1.29 is 21.6 Å². The average molecular weight is 305 g/mol. The van der Waals surface area contributed by atoms with Crippen LogP contribution >= 0.6 is 15.9 Å². The minimum atomic E-state index is -4.42. The number of nitrogens with two attached hydrogens (primary N) is 1. The zero-order chi connectivity index (χ0) is 11.8. The van der Waals surface area contributed by atoms with Gasteiger partial charge in [0.1, 0.15) is 10.6 Å². The second kappa shape index (κ2) is 4.06. The van der Waals surface area contributed by atoms with Gasteiger partial charge in [-0.15, -0.1) is 0 Å². The summed E-state index contributed by atoms with van der Waals surface area (Å²) in [7, 11) is -4.42. The predicted octanol–water partition coefficient (Wildman–Crippen LogP) is 1.57. The Hall–Kier alpha value is -0.670. The molecule has 84 valence electrons. The minimum absolute atomic E-state index is 0.381. The van der Waals surface area contributed by atoms with Crippen LogP contribution in [0.2, 0.25) is 0 Å².